The highest BCUT2D eigenvalue weighted by atomic mass is 35.5. The first-order chi connectivity index (χ1) is 7.99. The molecule has 0 aliphatic rings. The normalized spacial score (nSPS) is 12.7. The first-order valence-electron chi connectivity index (χ1n) is 5.57. The van der Waals surface area contributed by atoms with Gasteiger partial charge in [-0.1, -0.05) is 18.5 Å². The number of nitrogens with one attached hydrogen (secondary N) is 1. The van der Waals surface area contributed by atoms with Crippen molar-refractivity contribution in [1.29, 1.82) is 0 Å². The zero-order chi connectivity index (χ0) is 13.0. The molecule has 1 atom stereocenters. The molecule has 0 fully saturated rings. The summed E-state index contributed by atoms with van der Waals surface area (Å²) in [5.41, 5.74) is -0.339. The molecule has 0 aliphatic carbocycles. The predicted molar refractivity (Wildman–Crippen MR) is 73.4 cm³/mol. The quantitative estimate of drug-likeness (QED) is 0.663. The van der Waals surface area contributed by atoms with E-state index in [1.807, 2.05) is 6.92 Å². The summed E-state index contributed by atoms with van der Waals surface area (Å²) in [7, 11) is 0. The van der Waals surface area contributed by atoms with Gasteiger partial charge in [-0.15, -0.1) is 0 Å². The molecule has 6 heteroatoms. The van der Waals surface area contributed by atoms with Crippen molar-refractivity contribution in [3.63, 3.8) is 0 Å². The van der Waals surface area contributed by atoms with Gasteiger partial charge in [0.15, 0.2) is 0 Å². The molecule has 0 bridgehead atoms. The monoisotopic (exact) mass is 276 g/mol. The third kappa shape index (κ3) is 3.39. The number of halogens is 1. The third-order valence-corrected chi connectivity index (χ3v) is 3.94. The number of aromatic amines is 1. The van der Waals surface area contributed by atoms with Crippen LogP contribution in [0.5, 0.6) is 0 Å². The summed E-state index contributed by atoms with van der Waals surface area (Å²) >= 11 is 7.55. The number of hydrogen-bond acceptors (Lipinski definition) is 3. The Morgan fingerprint density at radius 3 is 2.71 bits per heavy atom. The van der Waals surface area contributed by atoms with Crippen molar-refractivity contribution in [3.05, 3.63) is 31.6 Å². The van der Waals surface area contributed by atoms with E-state index >= 15 is 0 Å². The largest absolute Gasteiger partial charge is 0.329 e. The van der Waals surface area contributed by atoms with E-state index in [0.29, 0.717) is 5.56 Å². The summed E-state index contributed by atoms with van der Waals surface area (Å²) < 4.78 is 1.25. The van der Waals surface area contributed by atoms with Gasteiger partial charge in [-0.3, -0.25) is 14.3 Å². The Morgan fingerprint density at radius 2 is 2.12 bits per heavy atom. The maximum absolute atomic E-state index is 11.9. The average molecular weight is 277 g/mol. The van der Waals surface area contributed by atoms with Crippen LogP contribution in [-0.2, 0) is 0 Å². The minimum Gasteiger partial charge on any atom is -0.297 e. The molecular weight excluding hydrogens is 260 g/mol. The number of hydrogen-bond donors (Lipinski definition) is 1. The van der Waals surface area contributed by atoms with Crippen LogP contribution in [0.25, 0.3) is 0 Å². The van der Waals surface area contributed by atoms with Crippen molar-refractivity contribution in [2.24, 2.45) is 0 Å². The molecule has 1 aromatic heterocycles. The molecule has 0 saturated carbocycles. The van der Waals surface area contributed by atoms with Crippen LogP contribution in [0.15, 0.2) is 9.59 Å². The lowest BCUT2D eigenvalue weighted by molar-refractivity contribution is 0.490. The van der Waals surface area contributed by atoms with Gasteiger partial charge in [0, 0.05) is 11.6 Å². The maximum atomic E-state index is 11.9. The zero-order valence-electron chi connectivity index (χ0n) is 10.2. The molecule has 1 rings (SSSR count). The van der Waals surface area contributed by atoms with Gasteiger partial charge in [0.2, 0.25) is 0 Å². The van der Waals surface area contributed by atoms with Crippen LogP contribution in [0, 0.1) is 6.92 Å². The summed E-state index contributed by atoms with van der Waals surface area (Å²) in [6.45, 7) is 5.57. The molecular formula is C11H17ClN2O2S. The summed E-state index contributed by atoms with van der Waals surface area (Å²) in [6, 6.07) is -0.110. The van der Waals surface area contributed by atoms with Crippen molar-refractivity contribution in [1.82, 2.24) is 9.55 Å². The molecule has 0 aliphatic heterocycles. The summed E-state index contributed by atoms with van der Waals surface area (Å²) in [5, 5.41) is 0.131. The second-order valence-electron chi connectivity index (χ2n) is 3.88. The van der Waals surface area contributed by atoms with E-state index in [0.717, 1.165) is 17.9 Å². The Bertz CT molecular complexity index is 495. The Morgan fingerprint density at radius 1 is 1.47 bits per heavy atom. The van der Waals surface area contributed by atoms with Crippen molar-refractivity contribution in [2.75, 3.05) is 11.5 Å². The van der Waals surface area contributed by atoms with E-state index < -0.39 is 5.69 Å². The number of aromatic nitrogens is 2. The van der Waals surface area contributed by atoms with Crippen molar-refractivity contribution >= 4 is 23.4 Å². The molecule has 1 N–H and O–H groups in total. The zero-order valence-corrected chi connectivity index (χ0v) is 11.8. The van der Waals surface area contributed by atoms with E-state index in [1.54, 1.807) is 18.7 Å². The van der Waals surface area contributed by atoms with Crippen LogP contribution >= 0.6 is 23.4 Å². The van der Waals surface area contributed by atoms with Crippen LogP contribution < -0.4 is 11.2 Å². The molecule has 1 heterocycles. The molecule has 4 nitrogen and oxygen atoms in total. The molecule has 17 heavy (non-hydrogen) atoms. The minimum absolute atomic E-state index is 0.110. The average Bonchev–Trinajstić information content (AvgIpc) is 2.26. The highest BCUT2D eigenvalue weighted by Gasteiger charge is 2.14. The van der Waals surface area contributed by atoms with Crippen LogP contribution in [-0.4, -0.2) is 21.1 Å². The van der Waals surface area contributed by atoms with Crippen LogP contribution in [0.4, 0.5) is 0 Å². The molecule has 0 radical (unpaired) electrons. The smallest absolute Gasteiger partial charge is 0.297 e. The number of thioether (sulfide) groups is 1. The minimum atomic E-state index is -0.431. The lowest BCUT2D eigenvalue weighted by atomic mass is 10.2. The maximum Gasteiger partial charge on any atom is 0.329 e. The van der Waals surface area contributed by atoms with E-state index in [-0.39, 0.29) is 16.8 Å². The highest BCUT2D eigenvalue weighted by molar-refractivity contribution is 7.99. The summed E-state index contributed by atoms with van der Waals surface area (Å²) in [6.07, 6.45) is 0.794. The van der Waals surface area contributed by atoms with Crippen LogP contribution in [0.3, 0.4) is 0 Å². The van der Waals surface area contributed by atoms with Gasteiger partial charge in [-0.25, -0.2) is 4.79 Å². The number of rotatable bonds is 5. The van der Waals surface area contributed by atoms with Crippen LogP contribution in [0.1, 0.15) is 31.9 Å². The van der Waals surface area contributed by atoms with Gasteiger partial charge < -0.3 is 0 Å². The molecule has 96 valence electrons. The van der Waals surface area contributed by atoms with E-state index in [4.69, 9.17) is 11.6 Å². The molecule has 0 aromatic carbocycles. The second kappa shape index (κ2) is 6.31. The van der Waals surface area contributed by atoms with Gasteiger partial charge in [0.25, 0.3) is 5.56 Å². The van der Waals surface area contributed by atoms with Gasteiger partial charge in [-0.2, -0.15) is 11.8 Å². The molecule has 1 unspecified atom stereocenters. The topological polar surface area (TPSA) is 54.9 Å². The van der Waals surface area contributed by atoms with E-state index in [1.165, 1.54) is 4.57 Å². The fraction of sp³-hybridized carbons (Fsp3) is 0.636. The summed E-state index contributed by atoms with van der Waals surface area (Å²) in [5.74, 6) is 1.98. The number of nitrogens with zero attached hydrogens (tertiary/aromatic N) is 1. The Kier molecular flexibility index (Phi) is 5.33. The van der Waals surface area contributed by atoms with Crippen molar-refractivity contribution in [3.8, 4) is 0 Å². The van der Waals surface area contributed by atoms with Gasteiger partial charge >= 0.3 is 5.69 Å². The SMILES string of the molecule is CCSCCC(C)n1c(=O)[nH]c(Cl)c(C)c1=O. The van der Waals surface area contributed by atoms with Gasteiger partial charge in [0.05, 0.1) is 0 Å². The first kappa shape index (κ1) is 14.4. The Hall–Kier alpha value is -0.680. The fourth-order valence-electron chi connectivity index (χ4n) is 1.54. The summed E-state index contributed by atoms with van der Waals surface area (Å²) in [4.78, 5) is 26.1. The highest BCUT2D eigenvalue weighted by Crippen LogP contribution is 2.12. The predicted octanol–water partition coefficient (Wildman–Crippen LogP) is 2.20. The molecule has 0 saturated heterocycles. The Balaban J connectivity index is 3.02. The number of H-pyrrole nitrogens is 1. The van der Waals surface area contributed by atoms with Crippen molar-refractivity contribution < 1.29 is 0 Å². The van der Waals surface area contributed by atoms with Crippen LogP contribution in [0.2, 0.25) is 5.15 Å². The molecule has 0 spiro atoms. The van der Waals surface area contributed by atoms with Gasteiger partial charge in [-0.05, 0) is 31.8 Å². The van der Waals surface area contributed by atoms with E-state index in [2.05, 4.69) is 11.9 Å². The Labute approximate surface area is 109 Å². The standard InChI is InChI=1S/C11H17ClN2O2S/c1-4-17-6-5-7(2)14-10(15)8(3)9(12)13-11(14)16/h7H,4-6H2,1-3H3,(H,13,16). The third-order valence-electron chi connectivity index (χ3n) is 2.63. The lowest BCUT2D eigenvalue weighted by Gasteiger charge is -2.14. The van der Waals surface area contributed by atoms with Gasteiger partial charge in [0.1, 0.15) is 5.15 Å². The molecule has 1 aromatic rings. The second-order valence-corrected chi connectivity index (χ2v) is 5.65. The molecule has 0 amide bonds. The first-order valence-corrected chi connectivity index (χ1v) is 7.11. The fourth-order valence-corrected chi connectivity index (χ4v) is 2.50. The van der Waals surface area contributed by atoms with E-state index in [9.17, 15) is 9.59 Å². The lowest BCUT2D eigenvalue weighted by Crippen LogP contribution is -2.38. The van der Waals surface area contributed by atoms with Crippen molar-refractivity contribution in [2.45, 2.75) is 33.2 Å².